The van der Waals surface area contributed by atoms with Crippen LogP contribution < -0.4 is 0 Å². The largest absolute Gasteiger partial charge is 0.505 e. The molecule has 2 nitrogen and oxygen atoms in total. The number of phenols is 1. The van der Waals surface area contributed by atoms with Crippen LogP contribution in [0.4, 0.5) is 8.78 Å². The molecule has 0 aromatic heterocycles. The van der Waals surface area contributed by atoms with Crippen LogP contribution in [-0.2, 0) is 0 Å². The quantitative estimate of drug-likeness (QED) is 0.692. The number of benzene rings is 1. The summed E-state index contributed by atoms with van der Waals surface area (Å²) in [6, 6.07) is 1.03. The third kappa shape index (κ3) is 1.53. The SMILES string of the molecule is O=C(Cl)c1cc(F)c(O)cc1F. The number of phenolic OH excluding ortho intramolecular Hbond substituents is 1. The van der Waals surface area contributed by atoms with Gasteiger partial charge >= 0.3 is 0 Å². The summed E-state index contributed by atoms with van der Waals surface area (Å²) >= 11 is 4.91. The van der Waals surface area contributed by atoms with Gasteiger partial charge in [-0.15, -0.1) is 0 Å². The maximum Gasteiger partial charge on any atom is 0.255 e. The zero-order valence-electron chi connectivity index (χ0n) is 5.64. The molecule has 0 bridgehead atoms. The zero-order valence-corrected chi connectivity index (χ0v) is 6.40. The van der Waals surface area contributed by atoms with Gasteiger partial charge in [0.2, 0.25) is 0 Å². The van der Waals surface area contributed by atoms with Crippen LogP contribution in [0, 0.1) is 11.6 Å². The highest BCUT2D eigenvalue weighted by atomic mass is 35.5. The summed E-state index contributed by atoms with van der Waals surface area (Å²) in [6.45, 7) is 0. The van der Waals surface area contributed by atoms with Gasteiger partial charge in [-0.2, -0.15) is 0 Å². The highest BCUT2D eigenvalue weighted by Crippen LogP contribution is 2.20. The van der Waals surface area contributed by atoms with Gasteiger partial charge in [-0.05, 0) is 17.7 Å². The lowest BCUT2D eigenvalue weighted by Gasteiger charge is -1.98. The van der Waals surface area contributed by atoms with Gasteiger partial charge in [0.25, 0.3) is 5.24 Å². The smallest absolute Gasteiger partial charge is 0.255 e. The Morgan fingerprint density at radius 1 is 1.33 bits per heavy atom. The molecule has 1 aromatic rings. The Hall–Kier alpha value is -1.16. The summed E-state index contributed by atoms with van der Waals surface area (Å²) in [5.41, 5.74) is -0.591. The van der Waals surface area contributed by atoms with Crippen molar-refractivity contribution in [2.24, 2.45) is 0 Å². The molecule has 0 saturated heterocycles. The number of hydrogen-bond acceptors (Lipinski definition) is 2. The van der Waals surface area contributed by atoms with Crippen LogP contribution in [0.5, 0.6) is 5.75 Å². The van der Waals surface area contributed by atoms with Crippen molar-refractivity contribution < 1.29 is 18.7 Å². The number of hydrogen-bond donors (Lipinski definition) is 1. The van der Waals surface area contributed by atoms with E-state index >= 15 is 0 Å². The van der Waals surface area contributed by atoms with E-state index in [0.29, 0.717) is 12.1 Å². The van der Waals surface area contributed by atoms with E-state index in [4.69, 9.17) is 16.7 Å². The van der Waals surface area contributed by atoms with Gasteiger partial charge < -0.3 is 5.11 Å². The minimum absolute atomic E-state index is 0.491. The van der Waals surface area contributed by atoms with Crippen LogP contribution in [0.3, 0.4) is 0 Å². The molecule has 0 aliphatic rings. The molecule has 0 spiro atoms. The highest BCUT2D eigenvalue weighted by Gasteiger charge is 2.13. The fourth-order valence-electron chi connectivity index (χ4n) is 0.687. The van der Waals surface area contributed by atoms with Gasteiger partial charge in [-0.25, -0.2) is 8.78 Å². The Kier molecular flexibility index (Phi) is 2.28. The predicted molar refractivity (Wildman–Crippen MR) is 38.2 cm³/mol. The Bertz CT molecular complexity index is 338. The van der Waals surface area contributed by atoms with E-state index in [1.165, 1.54) is 0 Å². The van der Waals surface area contributed by atoms with E-state index in [2.05, 4.69) is 0 Å². The number of rotatable bonds is 1. The lowest BCUT2D eigenvalue weighted by molar-refractivity contribution is 0.107. The van der Waals surface area contributed by atoms with E-state index in [-0.39, 0.29) is 0 Å². The van der Waals surface area contributed by atoms with Crippen molar-refractivity contribution in [1.29, 1.82) is 0 Å². The molecule has 0 aliphatic heterocycles. The standard InChI is InChI=1S/C7H3ClF2O2/c8-7(12)3-1-5(10)6(11)2-4(3)9/h1-2,11H. The minimum atomic E-state index is -1.11. The minimum Gasteiger partial charge on any atom is -0.505 e. The topological polar surface area (TPSA) is 37.3 Å². The monoisotopic (exact) mass is 192 g/mol. The normalized spacial score (nSPS) is 9.92. The Morgan fingerprint density at radius 2 is 1.92 bits per heavy atom. The van der Waals surface area contributed by atoms with Crippen LogP contribution in [0.15, 0.2) is 12.1 Å². The fourth-order valence-corrected chi connectivity index (χ4v) is 0.832. The second kappa shape index (κ2) is 3.06. The Balaban J connectivity index is 3.33. The molecule has 0 radical (unpaired) electrons. The van der Waals surface area contributed by atoms with Gasteiger partial charge in [-0.3, -0.25) is 4.79 Å². The van der Waals surface area contributed by atoms with Crippen molar-refractivity contribution in [2.75, 3.05) is 0 Å². The number of carbonyl (C=O) groups excluding carboxylic acids is 1. The van der Waals surface area contributed by atoms with Crippen LogP contribution >= 0.6 is 11.6 Å². The molecule has 0 amide bonds. The highest BCUT2D eigenvalue weighted by molar-refractivity contribution is 6.67. The number of halogens is 3. The first-order valence-electron chi connectivity index (χ1n) is 2.90. The molecule has 0 saturated carbocycles. The van der Waals surface area contributed by atoms with Crippen molar-refractivity contribution in [3.63, 3.8) is 0 Å². The molecule has 0 heterocycles. The molecule has 0 aliphatic carbocycles. The first-order valence-corrected chi connectivity index (χ1v) is 3.28. The summed E-state index contributed by atoms with van der Waals surface area (Å²) in [7, 11) is 0. The first kappa shape index (κ1) is 8.93. The van der Waals surface area contributed by atoms with Gasteiger partial charge in [0.15, 0.2) is 11.6 Å². The zero-order chi connectivity index (χ0) is 9.30. The molecule has 0 fully saturated rings. The molecular weight excluding hydrogens is 190 g/mol. The van der Waals surface area contributed by atoms with E-state index in [1.807, 2.05) is 0 Å². The van der Waals surface area contributed by atoms with E-state index < -0.39 is 28.2 Å². The molecule has 5 heteroatoms. The second-order valence-corrected chi connectivity index (χ2v) is 2.40. The number of aromatic hydroxyl groups is 1. The Labute approximate surface area is 71.4 Å². The van der Waals surface area contributed by atoms with Gasteiger partial charge in [0, 0.05) is 6.07 Å². The van der Waals surface area contributed by atoms with Crippen molar-refractivity contribution in [3.05, 3.63) is 29.3 Å². The first-order chi connectivity index (χ1) is 5.52. The summed E-state index contributed by atoms with van der Waals surface area (Å²) < 4.78 is 25.1. The van der Waals surface area contributed by atoms with E-state index in [0.717, 1.165) is 0 Å². The second-order valence-electron chi connectivity index (χ2n) is 2.06. The summed E-state index contributed by atoms with van der Waals surface area (Å²) in [5, 5.41) is 7.53. The number of carbonyl (C=O) groups is 1. The molecule has 12 heavy (non-hydrogen) atoms. The Morgan fingerprint density at radius 3 is 2.42 bits per heavy atom. The molecule has 0 atom stereocenters. The third-order valence-electron chi connectivity index (χ3n) is 1.25. The van der Waals surface area contributed by atoms with Crippen molar-refractivity contribution in [1.82, 2.24) is 0 Å². The van der Waals surface area contributed by atoms with Crippen LogP contribution in [0.1, 0.15) is 10.4 Å². The molecule has 0 unspecified atom stereocenters. The lowest BCUT2D eigenvalue weighted by Crippen LogP contribution is -1.95. The fraction of sp³-hybridized carbons (Fsp3) is 0. The van der Waals surface area contributed by atoms with E-state index in [9.17, 15) is 13.6 Å². The molecule has 1 rings (SSSR count). The summed E-state index contributed by atoms with van der Waals surface area (Å²) in [6.07, 6.45) is 0. The molecule has 1 aromatic carbocycles. The van der Waals surface area contributed by atoms with Crippen LogP contribution in [0.25, 0.3) is 0 Å². The van der Waals surface area contributed by atoms with Gasteiger partial charge in [0.1, 0.15) is 5.82 Å². The average Bonchev–Trinajstić information content (AvgIpc) is 1.96. The van der Waals surface area contributed by atoms with Crippen LogP contribution in [-0.4, -0.2) is 10.3 Å². The molecule has 1 N–H and O–H groups in total. The van der Waals surface area contributed by atoms with Gasteiger partial charge in [-0.1, -0.05) is 0 Å². The van der Waals surface area contributed by atoms with Gasteiger partial charge in [0.05, 0.1) is 5.56 Å². The molecule has 64 valence electrons. The lowest BCUT2D eigenvalue weighted by atomic mass is 10.2. The van der Waals surface area contributed by atoms with Crippen molar-refractivity contribution in [3.8, 4) is 5.75 Å². The third-order valence-corrected chi connectivity index (χ3v) is 1.45. The van der Waals surface area contributed by atoms with Crippen molar-refractivity contribution >= 4 is 16.8 Å². The van der Waals surface area contributed by atoms with Crippen molar-refractivity contribution in [2.45, 2.75) is 0 Å². The predicted octanol–water partition coefficient (Wildman–Crippen LogP) is 2.05. The summed E-state index contributed by atoms with van der Waals surface area (Å²) in [5.74, 6) is -2.98. The van der Waals surface area contributed by atoms with Crippen LogP contribution in [0.2, 0.25) is 0 Å². The maximum atomic E-state index is 12.6. The maximum absolute atomic E-state index is 12.6. The summed E-state index contributed by atoms with van der Waals surface area (Å²) in [4.78, 5) is 10.4. The van der Waals surface area contributed by atoms with E-state index in [1.54, 1.807) is 0 Å². The molecular formula is C7H3ClF2O2. The average molecular weight is 193 g/mol.